The summed E-state index contributed by atoms with van der Waals surface area (Å²) in [6.45, 7) is 0. The van der Waals surface area contributed by atoms with Crippen molar-refractivity contribution >= 4 is 20.9 Å². The Morgan fingerprint density at radius 3 is 3.20 bits per heavy atom. The molecule has 0 amide bonds. The van der Waals surface area contributed by atoms with Crippen LogP contribution in [0.5, 0.6) is 0 Å². The van der Waals surface area contributed by atoms with Gasteiger partial charge in [-0.2, -0.15) is 4.37 Å². The lowest BCUT2D eigenvalue weighted by atomic mass is 10.2. The van der Waals surface area contributed by atoms with Crippen molar-refractivity contribution in [3.8, 4) is 10.6 Å². The number of benzene rings is 1. The average molecular weight is 168 g/mol. The summed E-state index contributed by atoms with van der Waals surface area (Å²) in [4.78, 5) is 1.11. The van der Waals surface area contributed by atoms with E-state index in [-0.39, 0.29) is 0 Å². The molecule has 0 aromatic heterocycles. The van der Waals surface area contributed by atoms with E-state index in [0.29, 0.717) is 5.36 Å². The molecule has 10 heavy (non-hydrogen) atoms. The summed E-state index contributed by atoms with van der Waals surface area (Å²) in [6, 6.07) is 5.48. The molecular formula is C6H4N2S2. The average Bonchev–Trinajstić information content (AvgIpc) is 2.33. The molecule has 4 heteroatoms. The van der Waals surface area contributed by atoms with Crippen LogP contribution in [0, 0.1) is 5.41 Å². The second-order valence-corrected chi connectivity index (χ2v) is 3.82. The highest BCUT2D eigenvalue weighted by molar-refractivity contribution is 7.68. The highest BCUT2D eigenvalue weighted by atomic mass is 32.9. The molecule has 1 aliphatic carbocycles. The van der Waals surface area contributed by atoms with Crippen molar-refractivity contribution in [3.63, 3.8) is 0 Å². The van der Waals surface area contributed by atoms with Gasteiger partial charge in [-0.1, -0.05) is 10.3 Å². The van der Waals surface area contributed by atoms with Crippen LogP contribution < -0.4 is 5.36 Å². The van der Waals surface area contributed by atoms with Gasteiger partial charge in [-0.3, -0.25) is 0 Å². The maximum atomic E-state index is 7.30. The van der Waals surface area contributed by atoms with E-state index in [0.717, 1.165) is 10.6 Å². The Morgan fingerprint density at radius 1 is 1.40 bits per heavy atom. The lowest BCUT2D eigenvalue weighted by molar-refractivity contribution is 1.27. The first kappa shape index (κ1) is 6.00. The van der Waals surface area contributed by atoms with Gasteiger partial charge in [0.2, 0.25) is 0 Å². The molecule has 0 radical (unpaired) electrons. The van der Waals surface area contributed by atoms with Crippen LogP contribution in [0.1, 0.15) is 0 Å². The number of fused-ring (bicyclic) bond motifs is 1. The van der Waals surface area contributed by atoms with Gasteiger partial charge in [0.25, 0.3) is 0 Å². The molecule has 2 rings (SSSR count). The second kappa shape index (κ2) is 2.14. The van der Waals surface area contributed by atoms with Crippen molar-refractivity contribution < 1.29 is 0 Å². The lowest BCUT2D eigenvalue weighted by Gasteiger charge is -1.88. The summed E-state index contributed by atoms with van der Waals surface area (Å²) in [6.07, 6.45) is 0. The molecule has 0 fully saturated rings. The maximum absolute atomic E-state index is 7.30. The zero-order valence-corrected chi connectivity index (χ0v) is 6.63. The van der Waals surface area contributed by atoms with E-state index in [1.807, 2.05) is 12.1 Å². The molecule has 50 valence electrons. The molecular weight excluding hydrogens is 164 g/mol. The Morgan fingerprint density at radius 2 is 2.30 bits per heavy atom. The Kier molecular flexibility index (Phi) is 1.28. The molecule has 0 saturated carbocycles. The van der Waals surface area contributed by atoms with Gasteiger partial charge in [-0.15, -0.1) is 0 Å². The first-order chi connectivity index (χ1) is 4.86. The molecule has 2 aliphatic rings. The standard InChI is InChI=1S/C6H4N2S2/c7-4-1-2-5-6(3-4)9-10-8-5/h1-3,7H. The van der Waals surface area contributed by atoms with Crippen molar-refractivity contribution in [3.05, 3.63) is 23.6 Å². The summed E-state index contributed by atoms with van der Waals surface area (Å²) in [7, 11) is 3.08. The molecule has 1 N–H and O–H groups in total. The van der Waals surface area contributed by atoms with Crippen LogP contribution in [0.15, 0.2) is 18.2 Å². The van der Waals surface area contributed by atoms with Gasteiger partial charge >= 0.3 is 0 Å². The van der Waals surface area contributed by atoms with Gasteiger partial charge in [0, 0.05) is 10.5 Å². The summed E-state index contributed by atoms with van der Waals surface area (Å²) in [5.41, 5.74) is 1.01. The summed E-state index contributed by atoms with van der Waals surface area (Å²) in [5.74, 6) is 0. The Labute approximate surface area is 65.2 Å². The minimum Gasteiger partial charge on any atom is -0.301 e. The van der Waals surface area contributed by atoms with E-state index in [9.17, 15) is 0 Å². The first-order valence-corrected chi connectivity index (χ1v) is 4.87. The van der Waals surface area contributed by atoms with Gasteiger partial charge in [-0.05, 0) is 18.2 Å². The lowest BCUT2D eigenvalue weighted by Crippen LogP contribution is -1.95. The summed E-state index contributed by atoms with van der Waals surface area (Å²) >= 11 is 0. The molecule has 0 atom stereocenters. The Balaban J connectivity index is 2.87. The SMILES string of the molecule is N=c1ccc2nssc-2c1. The fourth-order valence-electron chi connectivity index (χ4n) is 0.755. The molecule has 0 saturated heterocycles. The molecule has 0 aromatic carbocycles. The largest absolute Gasteiger partial charge is 0.301 e. The Bertz CT molecular complexity index is 362. The molecule has 1 aliphatic heterocycles. The van der Waals surface area contributed by atoms with Crippen molar-refractivity contribution in [2.75, 3.05) is 0 Å². The number of nitrogens with zero attached hydrogens (tertiary/aromatic N) is 1. The van der Waals surface area contributed by atoms with Crippen LogP contribution >= 0.6 is 20.9 Å². The van der Waals surface area contributed by atoms with Crippen LogP contribution in [0.3, 0.4) is 0 Å². The van der Waals surface area contributed by atoms with Crippen LogP contribution in [0.2, 0.25) is 0 Å². The molecule has 2 nitrogen and oxygen atoms in total. The first-order valence-electron chi connectivity index (χ1n) is 2.77. The molecule has 0 spiro atoms. The highest BCUT2D eigenvalue weighted by Crippen LogP contribution is 2.25. The second-order valence-electron chi connectivity index (χ2n) is 1.93. The quantitative estimate of drug-likeness (QED) is 0.598. The Hall–Kier alpha value is -0.740. The third kappa shape index (κ3) is 0.853. The van der Waals surface area contributed by atoms with Crippen molar-refractivity contribution in [1.82, 2.24) is 4.37 Å². The zero-order chi connectivity index (χ0) is 6.97. The van der Waals surface area contributed by atoms with Crippen molar-refractivity contribution in [2.24, 2.45) is 0 Å². The monoisotopic (exact) mass is 168 g/mol. The van der Waals surface area contributed by atoms with Crippen LogP contribution in [0.25, 0.3) is 10.6 Å². The minimum absolute atomic E-state index is 0.559. The number of aromatic nitrogens is 1. The fraction of sp³-hybridized carbons (Fsp3) is 0. The van der Waals surface area contributed by atoms with Crippen LogP contribution in [0.4, 0.5) is 0 Å². The highest BCUT2D eigenvalue weighted by Gasteiger charge is 2.02. The van der Waals surface area contributed by atoms with Crippen LogP contribution in [-0.4, -0.2) is 4.37 Å². The van der Waals surface area contributed by atoms with E-state index in [1.54, 1.807) is 16.4 Å². The smallest absolute Gasteiger partial charge is 0.0951 e. The van der Waals surface area contributed by atoms with Gasteiger partial charge in [-0.25, -0.2) is 0 Å². The molecule has 0 unspecified atom stereocenters. The third-order valence-corrected chi connectivity index (χ3v) is 3.06. The van der Waals surface area contributed by atoms with Crippen molar-refractivity contribution in [1.29, 1.82) is 5.41 Å². The fourth-order valence-corrected chi connectivity index (χ4v) is 2.54. The van der Waals surface area contributed by atoms with E-state index in [4.69, 9.17) is 5.41 Å². The van der Waals surface area contributed by atoms with Gasteiger partial charge in [0.1, 0.15) is 0 Å². The van der Waals surface area contributed by atoms with E-state index in [1.165, 1.54) is 10.5 Å². The van der Waals surface area contributed by atoms with Crippen LogP contribution in [-0.2, 0) is 0 Å². The van der Waals surface area contributed by atoms with Gasteiger partial charge in [0.15, 0.2) is 0 Å². The maximum Gasteiger partial charge on any atom is 0.0951 e. The number of nitrogens with one attached hydrogen (secondary N) is 1. The predicted octanol–water partition coefficient (Wildman–Crippen LogP) is 1.79. The zero-order valence-electron chi connectivity index (χ0n) is 5.00. The minimum atomic E-state index is 0.559. The third-order valence-electron chi connectivity index (χ3n) is 1.22. The van der Waals surface area contributed by atoms with Gasteiger partial charge in [0.05, 0.1) is 15.9 Å². The normalized spacial score (nSPS) is 10.4. The van der Waals surface area contributed by atoms with Crippen molar-refractivity contribution in [2.45, 2.75) is 0 Å². The molecule has 0 bridgehead atoms. The summed E-state index contributed by atoms with van der Waals surface area (Å²) in [5, 5.41) is 7.86. The van der Waals surface area contributed by atoms with Gasteiger partial charge < -0.3 is 5.41 Å². The number of rotatable bonds is 0. The summed E-state index contributed by atoms with van der Waals surface area (Å²) < 4.78 is 4.14. The van der Waals surface area contributed by atoms with E-state index >= 15 is 0 Å². The molecule has 1 heterocycles. The number of hydrogen-bond donors (Lipinski definition) is 1. The predicted molar refractivity (Wildman–Crippen MR) is 42.5 cm³/mol. The molecule has 0 aromatic rings. The van der Waals surface area contributed by atoms with E-state index < -0.39 is 0 Å². The topological polar surface area (TPSA) is 36.7 Å². The number of hydrogen-bond acceptors (Lipinski definition) is 4. The van der Waals surface area contributed by atoms with E-state index in [2.05, 4.69) is 4.37 Å².